The van der Waals surface area contributed by atoms with E-state index in [0.717, 1.165) is 17.5 Å². The molecule has 1 N–H and O–H groups in total. The third kappa shape index (κ3) is 2.90. The molecule has 3 heterocycles. The summed E-state index contributed by atoms with van der Waals surface area (Å²) in [5.41, 5.74) is 2.22. The zero-order valence-corrected chi connectivity index (χ0v) is 14.3. The number of hydrogen-bond donors (Lipinski definition) is 1. The van der Waals surface area contributed by atoms with Crippen molar-refractivity contribution in [2.75, 3.05) is 6.26 Å². The van der Waals surface area contributed by atoms with E-state index in [1.165, 1.54) is 4.40 Å². The van der Waals surface area contributed by atoms with Gasteiger partial charge in [0.05, 0.1) is 17.8 Å². The van der Waals surface area contributed by atoms with Crippen molar-refractivity contribution in [1.29, 1.82) is 0 Å². The van der Waals surface area contributed by atoms with E-state index in [-0.39, 0.29) is 17.4 Å². The number of nitrogens with zero attached hydrogens (tertiary/aromatic N) is 4. The first-order valence-corrected chi connectivity index (χ1v) is 9.11. The highest BCUT2D eigenvalue weighted by atomic mass is 32.2. The predicted octanol–water partition coefficient (Wildman–Crippen LogP) is 0.710. The van der Waals surface area contributed by atoms with Crippen LogP contribution in [0.15, 0.2) is 35.7 Å². The summed E-state index contributed by atoms with van der Waals surface area (Å²) in [6, 6.07) is 5.06. The number of sulfone groups is 1. The molecule has 0 radical (unpaired) electrons. The van der Waals surface area contributed by atoms with Gasteiger partial charge in [0.2, 0.25) is 15.0 Å². The van der Waals surface area contributed by atoms with E-state index in [1.807, 2.05) is 13.1 Å². The minimum atomic E-state index is -3.56. The van der Waals surface area contributed by atoms with Gasteiger partial charge in [0, 0.05) is 25.7 Å². The van der Waals surface area contributed by atoms with E-state index in [0.29, 0.717) is 5.52 Å². The van der Waals surface area contributed by atoms with Gasteiger partial charge in [0.1, 0.15) is 0 Å². The zero-order valence-electron chi connectivity index (χ0n) is 13.5. The number of carbonyl (C=O) groups excluding carboxylic acids is 1. The summed E-state index contributed by atoms with van der Waals surface area (Å²) in [6.07, 6.45) is 4.49. The van der Waals surface area contributed by atoms with E-state index < -0.39 is 15.7 Å². The molecule has 0 saturated heterocycles. The normalized spacial score (nSPS) is 11.8. The Labute approximate surface area is 139 Å². The second-order valence-corrected chi connectivity index (χ2v) is 7.50. The average Bonchev–Trinajstić information content (AvgIpc) is 3.04. The molecule has 0 saturated carbocycles. The van der Waals surface area contributed by atoms with Crippen LogP contribution >= 0.6 is 0 Å². The molecule has 9 heteroatoms. The second-order valence-electron chi connectivity index (χ2n) is 5.59. The Bertz CT molecular complexity index is 1030. The summed E-state index contributed by atoms with van der Waals surface area (Å²) < 4.78 is 26.8. The zero-order chi connectivity index (χ0) is 17.5. The van der Waals surface area contributed by atoms with E-state index >= 15 is 0 Å². The quantitative estimate of drug-likeness (QED) is 0.749. The highest BCUT2D eigenvalue weighted by Crippen LogP contribution is 2.17. The number of aryl methyl sites for hydroxylation is 2. The summed E-state index contributed by atoms with van der Waals surface area (Å²) in [4.78, 5) is 16.5. The first-order chi connectivity index (χ1) is 11.3. The van der Waals surface area contributed by atoms with Gasteiger partial charge < -0.3 is 5.32 Å². The third-order valence-corrected chi connectivity index (χ3v) is 4.54. The monoisotopic (exact) mass is 347 g/mol. The maximum atomic E-state index is 12.5. The van der Waals surface area contributed by atoms with Crippen molar-refractivity contribution in [3.63, 3.8) is 0 Å². The molecule has 0 spiro atoms. The molecule has 0 unspecified atom stereocenters. The summed E-state index contributed by atoms with van der Waals surface area (Å²) in [5.74, 6) is -0.446. The number of fused-ring (bicyclic) bond motifs is 1. The summed E-state index contributed by atoms with van der Waals surface area (Å²) >= 11 is 0. The van der Waals surface area contributed by atoms with Crippen LogP contribution in [0.1, 0.15) is 21.7 Å². The largest absolute Gasteiger partial charge is 0.345 e. The number of carbonyl (C=O) groups is 1. The highest BCUT2D eigenvalue weighted by molar-refractivity contribution is 7.90. The molecule has 0 atom stereocenters. The number of amides is 1. The van der Waals surface area contributed by atoms with Gasteiger partial charge in [-0.05, 0) is 24.6 Å². The van der Waals surface area contributed by atoms with Crippen molar-refractivity contribution in [1.82, 2.24) is 24.5 Å². The standard InChI is InChI=1S/C15H17N5O3S/c1-10-9-19(2)18-11(10)8-16-14(21)13-12-6-4-5-7-20(12)15(17-13)24(3,22)23/h4-7,9H,8H2,1-3H3,(H,16,21). The Balaban J connectivity index is 1.94. The maximum absolute atomic E-state index is 12.5. The van der Waals surface area contributed by atoms with Gasteiger partial charge in [-0.15, -0.1) is 0 Å². The highest BCUT2D eigenvalue weighted by Gasteiger charge is 2.22. The molecule has 0 bridgehead atoms. The first-order valence-electron chi connectivity index (χ1n) is 7.22. The van der Waals surface area contributed by atoms with Crippen molar-refractivity contribution in [2.45, 2.75) is 18.6 Å². The Kier molecular flexibility index (Phi) is 3.88. The minimum Gasteiger partial charge on any atom is -0.345 e. The molecule has 0 aliphatic heterocycles. The van der Waals surface area contributed by atoms with E-state index in [1.54, 1.807) is 36.1 Å². The second kappa shape index (κ2) is 5.75. The Morgan fingerprint density at radius 3 is 2.71 bits per heavy atom. The van der Waals surface area contributed by atoms with Gasteiger partial charge >= 0.3 is 0 Å². The van der Waals surface area contributed by atoms with E-state index in [4.69, 9.17) is 0 Å². The first kappa shape index (κ1) is 16.2. The number of nitrogens with one attached hydrogen (secondary N) is 1. The van der Waals surface area contributed by atoms with Gasteiger partial charge in [-0.2, -0.15) is 5.10 Å². The van der Waals surface area contributed by atoms with Crippen LogP contribution in [-0.2, 0) is 23.4 Å². The van der Waals surface area contributed by atoms with Crippen LogP contribution in [0, 0.1) is 6.92 Å². The lowest BCUT2D eigenvalue weighted by Crippen LogP contribution is -2.24. The van der Waals surface area contributed by atoms with Gasteiger partial charge in [-0.25, -0.2) is 13.4 Å². The fourth-order valence-electron chi connectivity index (χ4n) is 2.51. The Hall–Kier alpha value is -2.68. The van der Waals surface area contributed by atoms with Gasteiger partial charge in [-0.1, -0.05) is 6.07 Å². The van der Waals surface area contributed by atoms with E-state index in [9.17, 15) is 13.2 Å². The average molecular weight is 347 g/mol. The molecule has 24 heavy (non-hydrogen) atoms. The number of pyridine rings is 1. The van der Waals surface area contributed by atoms with Crippen molar-refractivity contribution >= 4 is 21.3 Å². The van der Waals surface area contributed by atoms with Crippen LogP contribution in [0.5, 0.6) is 0 Å². The lowest BCUT2D eigenvalue weighted by molar-refractivity contribution is 0.0947. The molecule has 0 aliphatic carbocycles. The van der Waals surface area contributed by atoms with Crippen LogP contribution in [0.25, 0.3) is 5.52 Å². The molecule has 3 aromatic rings. The summed E-state index contributed by atoms with van der Waals surface area (Å²) in [5, 5.41) is 6.85. The fourth-order valence-corrected chi connectivity index (χ4v) is 3.29. The van der Waals surface area contributed by atoms with Crippen molar-refractivity contribution < 1.29 is 13.2 Å². The molecule has 3 aromatic heterocycles. The number of hydrogen-bond acceptors (Lipinski definition) is 5. The van der Waals surface area contributed by atoms with E-state index in [2.05, 4.69) is 15.4 Å². The molecule has 0 aliphatic rings. The number of imidazole rings is 1. The smallest absolute Gasteiger partial charge is 0.272 e. The summed E-state index contributed by atoms with van der Waals surface area (Å²) in [7, 11) is -1.75. The number of aromatic nitrogens is 4. The van der Waals surface area contributed by atoms with Crippen LogP contribution in [0.3, 0.4) is 0 Å². The minimum absolute atomic E-state index is 0.0737. The topological polar surface area (TPSA) is 98.4 Å². The third-order valence-electron chi connectivity index (χ3n) is 3.59. The lowest BCUT2D eigenvalue weighted by Gasteiger charge is -2.02. The molecule has 0 fully saturated rings. The van der Waals surface area contributed by atoms with Gasteiger partial charge in [0.25, 0.3) is 5.91 Å². The van der Waals surface area contributed by atoms with Gasteiger partial charge in [-0.3, -0.25) is 13.9 Å². The molecular formula is C15H17N5O3S. The fraction of sp³-hybridized carbons (Fsp3) is 0.267. The molecule has 126 valence electrons. The Morgan fingerprint density at radius 1 is 1.33 bits per heavy atom. The number of rotatable bonds is 4. The van der Waals surface area contributed by atoms with Crippen LogP contribution in [0.2, 0.25) is 0 Å². The summed E-state index contributed by atoms with van der Waals surface area (Å²) in [6.45, 7) is 2.15. The van der Waals surface area contributed by atoms with Crippen molar-refractivity contribution in [3.8, 4) is 0 Å². The molecular weight excluding hydrogens is 330 g/mol. The Morgan fingerprint density at radius 2 is 2.08 bits per heavy atom. The molecule has 3 rings (SSSR count). The lowest BCUT2D eigenvalue weighted by atomic mass is 10.2. The van der Waals surface area contributed by atoms with Crippen LogP contribution in [0.4, 0.5) is 0 Å². The maximum Gasteiger partial charge on any atom is 0.272 e. The van der Waals surface area contributed by atoms with Crippen LogP contribution < -0.4 is 5.32 Å². The molecule has 0 aromatic carbocycles. The SMILES string of the molecule is Cc1cn(C)nc1CNC(=O)c1nc(S(C)(=O)=O)n2ccccc12. The van der Waals surface area contributed by atoms with Crippen LogP contribution in [-0.4, -0.2) is 39.7 Å². The van der Waals surface area contributed by atoms with Crippen molar-refractivity contribution in [2.24, 2.45) is 7.05 Å². The molecule has 8 nitrogen and oxygen atoms in total. The molecule has 1 amide bonds. The predicted molar refractivity (Wildman–Crippen MR) is 87.4 cm³/mol. The van der Waals surface area contributed by atoms with Gasteiger partial charge in [0.15, 0.2) is 5.69 Å². The van der Waals surface area contributed by atoms with Crippen molar-refractivity contribution in [3.05, 3.63) is 47.5 Å².